The van der Waals surface area contributed by atoms with Gasteiger partial charge in [-0.25, -0.2) is 4.79 Å². The number of ether oxygens (including phenoxy) is 1. The van der Waals surface area contributed by atoms with Crippen molar-refractivity contribution in [2.75, 3.05) is 12.4 Å². The zero-order valence-electron chi connectivity index (χ0n) is 14.3. The smallest absolute Gasteiger partial charge is 0.340 e. The Morgan fingerprint density at radius 1 is 0.846 bits per heavy atom. The van der Waals surface area contributed by atoms with Gasteiger partial charge in [-0.15, -0.1) is 0 Å². The van der Waals surface area contributed by atoms with Crippen LogP contribution < -0.4 is 5.32 Å². The Morgan fingerprint density at radius 3 is 2.04 bits per heavy atom. The van der Waals surface area contributed by atoms with E-state index in [9.17, 15) is 4.79 Å². The quantitative estimate of drug-likeness (QED) is 0.370. The largest absolute Gasteiger partial charge is 0.465 e. The number of benzene rings is 3. The highest BCUT2D eigenvalue weighted by Crippen LogP contribution is 2.32. The Bertz CT molecular complexity index is 921. The van der Waals surface area contributed by atoms with Gasteiger partial charge >= 0.3 is 5.97 Å². The van der Waals surface area contributed by atoms with Crippen LogP contribution >= 0.6 is 11.6 Å². The summed E-state index contributed by atoms with van der Waals surface area (Å²) in [6, 6.07) is 26.5. The third-order valence-corrected chi connectivity index (χ3v) is 4.22. The van der Waals surface area contributed by atoms with Crippen molar-refractivity contribution in [1.29, 1.82) is 0 Å². The van der Waals surface area contributed by atoms with Gasteiger partial charge in [-0.3, -0.25) is 0 Å². The Kier molecular flexibility index (Phi) is 5.72. The average molecular weight is 364 g/mol. The number of anilines is 1. The van der Waals surface area contributed by atoms with Crippen molar-refractivity contribution in [2.24, 2.45) is 0 Å². The monoisotopic (exact) mass is 363 g/mol. The lowest BCUT2D eigenvalue weighted by molar-refractivity contribution is -0.133. The van der Waals surface area contributed by atoms with Crippen LogP contribution in [0, 0.1) is 0 Å². The van der Waals surface area contributed by atoms with Crippen molar-refractivity contribution in [1.82, 2.24) is 0 Å². The van der Waals surface area contributed by atoms with E-state index in [0.29, 0.717) is 21.9 Å². The van der Waals surface area contributed by atoms with Crippen LogP contribution in [0.25, 0.3) is 11.3 Å². The van der Waals surface area contributed by atoms with Crippen LogP contribution in [0.1, 0.15) is 11.1 Å². The van der Waals surface area contributed by atoms with E-state index in [2.05, 4.69) is 5.32 Å². The number of halogens is 1. The number of nitrogens with one attached hydrogen (secondary N) is 1. The van der Waals surface area contributed by atoms with E-state index in [1.807, 2.05) is 78.9 Å². The molecule has 26 heavy (non-hydrogen) atoms. The first kappa shape index (κ1) is 17.8. The summed E-state index contributed by atoms with van der Waals surface area (Å²) in [7, 11) is 1.37. The van der Waals surface area contributed by atoms with Gasteiger partial charge < -0.3 is 10.1 Å². The van der Waals surface area contributed by atoms with Gasteiger partial charge in [0.15, 0.2) is 0 Å². The summed E-state index contributed by atoms with van der Waals surface area (Å²) in [5.74, 6) is -0.458. The van der Waals surface area contributed by atoms with Gasteiger partial charge in [-0.1, -0.05) is 78.3 Å². The maximum atomic E-state index is 12.7. The van der Waals surface area contributed by atoms with E-state index in [1.54, 1.807) is 6.07 Å². The lowest BCUT2D eigenvalue weighted by atomic mass is 9.99. The summed E-state index contributed by atoms with van der Waals surface area (Å²) < 4.78 is 5.07. The first-order valence-electron chi connectivity index (χ1n) is 8.15. The van der Waals surface area contributed by atoms with E-state index in [0.717, 1.165) is 11.3 Å². The zero-order valence-corrected chi connectivity index (χ0v) is 15.0. The summed E-state index contributed by atoms with van der Waals surface area (Å²) in [5.41, 5.74) is 3.35. The fraction of sp³-hybridized carbons (Fsp3) is 0.0455. The topological polar surface area (TPSA) is 38.3 Å². The number of para-hydroxylation sites is 1. The number of hydrogen-bond donors (Lipinski definition) is 1. The molecule has 130 valence electrons. The first-order valence-corrected chi connectivity index (χ1v) is 8.53. The van der Waals surface area contributed by atoms with Crippen molar-refractivity contribution in [2.45, 2.75) is 0 Å². The average Bonchev–Trinajstić information content (AvgIpc) is 2.70. The summed E-state index contributed by atoms with van der Waals surface area (Å²) >= 11 is 6.38. The predicted molar refractivity (Wildman–Crippen MR) is 107 cm³/mol. The summed E-state index contributed by atoms with van der Waals surface area (Å²) in [5, 5.41) is 3.84. The molecule has 0 aliphatic rings. The van der Waals surface area contributed by atoms with E-state index in [-0.39, 0.29) is 0 Å². The van der Waals surface area contributed by atoms with Crippen LogP contribution in [-0.4, -0.2) is 13.1 Å². The van der Waals surface area contributed by atoms with Gasteiger partial charge in [0.1, 0.15) is 0 Å². The maximum absolute atomic E-state index is 12.7. The minimum Gasteiger partial charge on any atom is -0.465 e. The molecule has 0 saturated carbocycles. The number of carbonyl (C=O) groups excluding carboxylic acids is 1. The van der Waals surface area contributed by atoms with Crippen LogP contribution in [0.15, 0.2) is 84.9 Å². The Morgan fingerprint density at radius 2 is 1.42 bits per heavy atom. The van der Waals surface area contributed by atoms with E-state index in [4.69, 9.17) is 16.3 Å². The second-order valence-electron chi connectivity index (χ2n) is 5.58. The third kappa shape index (κ3) is 3.95. The highest BCUT2D eigenvalue weighted by Gasteiger charge is 2.22. The van der Waals surface area contributed by atoms with Crippen LogP contribution in [-0.2, 0) is 9.53 Å². The molecule has 0 spiro atoms. The molecule has 1 N–H and O–H groups in total. The van der Waals surface area contributed by atoms with Crippen LogP contribution in [0.2, 0.25) is 5.02 Å². The molecular weight excluding hydrogens is 346 g/mol. The zero-order chi connectivity index (χ0) is 18.4. The molecular formula is C22H18ClNO2. The van der Waals surface area contributed by atoms with Gasteiger partial charge in [0, 0.05) is 16.3 Å². The highest BCUT2D eigenvalue weighted by atomic mass is 35.5. The van der Waals surface area contributed by atoms with Crippen molar-refractivity contribution < 1.29 is 9.53 Å². The van der Waals surface area contributed by atoms with Crippen molar-refractivity contribution in [3.05, 3.63) is 101 Å². The number of carbonyl (C=O) groups is 1. The van der Waals surface area contributed by atoms with Gasteiger partial charge in [0.25, 0.3) is 0 Å². The maximum Gasteiger partial charge on any atom is 0.340 e. The van der Waals surface area contributed by atoms with Crippen LogP contribution in [0.4, 0.5) is 5.69 Å². The van der Waals surface area contributed by atoms with E-state index >= 15 is 0 Å². The summed E-state index contributed by atoms with van der Waals surface area (Å²) in [6.07, 6.45) is 0. The van der Waals surface area contributed by atoms with Crippen molar-refractivity contribution in [3.8, 4) is 0 Å². The number of esters is 1. The van der Waals surface area contributed by atoms with Gasteiger partial charge in [-0.05, 0) is 23.8 Å². The molecule has 0 amide bonds. The van der Waals surface area contributed by atoms with E-state index < -0.39 is 5.97 Å². The minimum atomic E-state index is -0.458. The molecule has 3 aromatic rings. The van der Waals surface area contributed by atoms with Crippen LogP contribution in [0.3, 0.4) is 0 Å². The van der Waals surface area contributed by atoms with Gasteiger partial charge in [-0.2, -0.15) is 0 Å². The Hall–Kier alpha value is -3.04. The molecule has 0 aliphatic carbocycles. The molecule has 0 fully saturated rings. The molecule has 3 nitrogen and oxygen atoms in total. The number of rotatable bonds is 5. The standard InChI is InChI=1S/C22H18ClNO2/c1-26-22(25)20(18-14-8-9-15-19(18)23)21(16-10-4-2-5-11-16)24-17-12-6-3-7-13-17/h2-15,24H,1H3/b21-20-. The molecule has 0 saturated heterocycles. The molecule has 3 rings (SSSR count). The number of hydrogen-bond acceptors (Lipinski definition) is 3. The summed E-state index contributed by atoms with van der Waals surface area (Å²) in [4.78, 5) is 12.7. The fourth-order valence-corrected chi connectivity index (χ4v) is 2.89. The lowest BCUT2D eigenvalue weighted by Gasteiger charge is -2.18. The normalized spacial score (nSPS) is 11.5. The second kappa shape index (κ2) is 8.37. The Labute approximate surface area is 157 Å². The molecule has 3 aromatic carbocycles. The van der Waals surface area contributed by atoms with E-state index in [1.165, 1.54) is 7.11 Å². The fourth-order valence-electron chi connectivity index (χ4n) is 2.66. The van der Waals surface area contributed by atoms with Crippen molar-refractivity contribution >= 4 is 34.5 Å². The molecule has 4 heteroatoms. The molecule has 0 aliphatic heterocycles. The highest BCUT2D eigenvalue weighted by molar-refractivity contribution is 6.36. The molecule has 0 radical (unpaired) electrons. The first-order chi connectivity index (χ1) is 12.7. The lowest BCUT2D eigenvalue weighted by Crippen LogP contribution is -2.12. The second-order valence-corrected chi connectivity index (χ2v) is 5.99. The van der Waals surface area contributed by atoms with Crippen LogP contribution in [0.5, 0.6) is 0 Å². The third-order valence-electron chi connectivity index (χ3n) is 3.89. The molecule has 0 unspecified atom stereocenters. The molecule has 0 heterocycles. The van der Waals surface area contributed by atoms with Gasteiger partial charge in [0.05, 0.1) is 18.4 Å². The minimum absolute atomic E-state index is 0.383. The Balaban J connectivity index is 2.26. The van der Waals surface area contributed by atoms with Gasteiger partial charge in [0.2, 0.25) is 0 Å². The SMILES string of the molecule is COC(=O)/C(=C(\Nc1ccccc1)c1ccccc1)c1ccccc1Cl. The molecule has 0 aromatic heterocycles. The predicted octanol–water partition coefficient (Wildman–Crippen LogP) is 5.49. The molecule has 0 atom stereocenters. The number of methoxy groups -OCH3 is 1. The molecule has 0 bridgehead atoms. The summed E-state index contributed by atoms with van der Waals surface area (Å²) in [6.45, 7) is 0. The van der Waals surface area contributed by atoms with Crippen molar-refractivity contribution in [3.63, 3.8) is 0 Å².